The molecule has 1 aromatic rings. The summed E-state index contributed by atoms with van der Waals surface area (Å²) in [6.45, 7) is 1.31. The smallest absolute Gasteiger partial charge is 0.308 e. The normalized spacial score (nSPS) is 15.9. The van der Waals surface area contributed by atoms with Crippen molar-refractivity contribution in [2.24, 2.45) is 4.99 Å². The number of methoxy groups -OCH3 is 1. The number of esters is 1. The third kappa shape index (κ3) is 3.93. The molecule has 0 aliphatic carbocycles. The van der Waals surface area contributed by atoms with Crippen molar-refractivity contribution in [3.8, 4) is 11.5 Å². The molecule has 1 aromatic carbocycles. The number of halogens is 1. The number of hydrogen-bond acceptors (Lipinski definition) is 7. The van der Waals surface area contributed by atoms with E-state index in [9.17, 15) is 9.59 Å². The molecule has 5 nitrogen and oxygen atoms in total. The van der Waals surface area contributed by atoms with E-state index in [4.69, 9.17) is 9.47 Å². The maximum Gasteiger partial charge on any atom is 0.308 e. The molecule has 0 amide bonds. The second-order valence-electron chi connectivity index (χ2n) is 4.13. The van der Waals surface area contributed by atoms with Gasteiger partial charge in [-0.2, -0.15) is 0 Å². The molecule has 0 fully saturated rings. The zero-order valence-electron chi connectivity index (χ0n) is 12.0. The lowest BCUT2D eigenvalue weighted by Crippen LogP contribution is -2.04. The first-order chi connectivity index (χ1) is 10.4. The van der Waals surface area contributed by atoms with E-state index in [2.05, 4.69) is 20.9 Å². The Morgan fingerprint density at radius 3 is 2.73 bits per heavy atom. The highest BCUT2D eigenvalue weighted by atomic mass is 79.9. The monoisotopic (exact) mass is 401 g/mol. The second kappa shape index (κ2) is 7.34. The third-order valence-corrected chi connectivity index (χ3v) is 5.02. The zero-order valence-corrected chi connectivity index (χ0v) is 15.2. The molecular formula is C14H12BrNO4S2. The number of carbonyl (C=O) groups is 2. The van der Waals surface area contributed by atoms with Crippen LogP contribution >= 0.6 is 39.5 Å². The van der Waals surface area contributed by atoms with Gasteiger partial charge < -0.3 is 9.47 Å². The summed E-state index contributed by atoms with van der Waals surface area (Å²) >= 11 is 5.88. The minimum absolute atomic E-state index is 0.0940. The second-order valence-corrected chi connectivity index (χ2v) is 7.00. The summed E-state index contributed by atoms with van der Waals surface area (Å²) in [5.74, 6) is 0.253. The average Bonchev–Trinajstić information content (AvgIpc) is 2.81. The third-order valence-electron chi connectivity index (χ3n) is 2.58. The Morgan fingerprint density at radius 1 is 1.45 bits per heavy atom. The fourth-order valence-electron chi connectivity index (χ4n) is 1.70. The topological polar surface area (TPSA) is 65.0 Å². The Bertz CT molecular complexity index is 700. The Hall–Kier alpha value is -1.25. The number of hydrogen-bond donors (Lipinski definition) is 0. The lowest BCUT2D eigenvalue weighted by Gasteiger charge is -2.11. The van der Waals surface area contributed by atoms with Crippen molar-refractivity contribution >= 4 is 61.0 Å². The molecule has 2 rings (SSSR count). The van der Waals surface area contributed by atoms with Crippen LogP contribution in [0, 0.1) is 0 Å². The molecule has 0 unspecified atom stereocenters. The van der Waals surface area contributed by atoms with Crippen LogP contribution in [0.1, 0.15) is 12.5 Å². The molecule has 0 aromatic heterocycles. The molecule has 0 radical (unpaired) electrons. The van der Waals surface area contributed by atoms with Gasteiger partial charge in [-0.3, -0.25) is 9.59 Å². The largest absolute Gasteiger partial charge is 0.493 e. The van der Waals surface area contributed by atoms with E-state index < -0.39 is 5.97 Å². The van der Waals surface area contributed by atoms with Gasteiger partial charge in [-0.25, -0.2) is 4.99 Å². The first-order valence-corrected chi connectivity index (χ1v) is 8.90. The molecular weight excluding hydrogens is 390 g/mol. The van der Waals surface area contributed by atoms with Crippen molar-refractivity contribution in [2.45, 2.75) is 6.92 Å². The van der Waals surface area contributed by atoms with Crippen molar-refractivity contribution in [1.82, 2.24) is 0 Å². The first kappa shape index (κ1) is 17.1. The maximum atomic E-state index is 11.9. The van der Waals surface area contributed by atoms with E-state index in [1.165, 1.54) is 25.8 Å². The molecule has 1 aliphatic heterocycles. The molecule has 116 valence electrons. The summed E-state index contributed by atoms with van der Waals surface area (Å²) in [6, 6.07) is 3.42. The van der Waals surface area contributed by atoms with Gasteiger partial charge >= 0.3 is 5.97 Å². The lowest BCUT2D eigenvalue weighted by atomic mass is 10.1. The van der Waals surface area contributed by atoms with Gasteiger partial charge in [0.2, 0.25) is 5.12 Å². The van der Waals surface area contributed by atoms with Crippen molar-refractivity contribution in [3.05, 3.63) is 27.9 Å². The van der Waals surface area contributed by atoms with E-state index in [0.717, 1.165) is 21.7 Å². The summed E-state index contributed by atoms with van der Waals surface area (Å²) in [6.07, 6.45) is 3.54. The van der Waals surface area contributed by atoms with Gasteiger partial charge in [-0.1, -0.05) is 0 Å². The van der Waals surface area contributed by atoms with Crippen LogP contribution in [0.4, 0.5) is 0 Å². The highest BCUT2D eigenvalue weighted by molar-refractivity contribution is 9.10. The first-order valence-electron chi connectivity index (χ1n) is 6.07. The summed E-state index contributed by atoms with van der Waals surface area (Å²) in [7, 11) is 1.48. The Labute approximate surface area is 144 Å². The molecule has 1 heterocycles. The number of carbonyl (C=O) groups excluding carboxylic acids is 2. The summed E-state index contributed by atoms with van der Waals surface area (Å²) in [5, 5.41) is -0.0940. The van der Waals surface area contributed by atoms with Crippen LogP contribution in [0.15, 0.2) is 27.3 Å². The predicted molar refractivity (Wildman–Crippen MR) is 93.5 cm³/mol. The van der Waals surface area contributed by atoms with Gasteiger partial charge in [0.05, 0.1) is 11.6 Å². The minimum atomic E-state index is -0.443. The maximum absolute atomic E-state index is 11.9. The van der Waals surface area contributed by atoms with Crippen LogP contribution in [-0.2, 0) is 9.59 Å². The number of benzene rings is 1. The molecule has 0 bridgehead atoms. The van der Waals surface area contributed by atoms with Crippen LogP contribution in [0.5, 0.6) is 11.5 Å². The lowest BCUT2D eigenvalue weighted by molar-refractivity contribution is -0.132. The standard InChI is InChI=1S/C14H12BrNO4S2/c1-7(17)20-12-9(15)4-8(6-11(12)19-2)5-10-13(18)22-14(16-10)21-3/h4-6H,1-3H3. The van der Waals surface area contributed by atoms with E-state index in [1.807, 2.05) is 6.26 Å². The van der Waals surface area contributed by atoms with Gasteiger partial charge in [0, 0.05) is 6.92 Å². The molecule has 8 heteroatoms. The van der Waals surface area contributed by atoms with Crippen LogP contribution in [0.2, 0.25) is 0 Å². The SMILES string of the molecule is COc1cc(C=C2N=C(SC)SC2=O)cc(Br)c1OC(C)=O. The van der Waals surface area contributed by atoms with Crippen molar-refractivity contribution in [3.63, 3.8) is 0 Å². The Balaban J connectivity index is 2.41. The molecule has 1 aliphatic rings. The fourth-order valence-corrected chi connectivity index (χ4v) is 3.50. The Morgan fingerprint density at radius 2 is 2.18 bits per heavy atom. The van der Waals surface area contributed by atoms with E-state index >= 15 is 0 Å². The molecule has 0 saturated heterocycles. The zero-order chi connectivity index (χ0) is 16.3. The van der Waals surface area contributed by atoms with Gasteiger partial charge in [-0.05, 0) is 57.7 Å². The molecule has 22 heavy (non-hydrogen) atoms. The van der Waals surface area contributed by atoms with Crippen LogP contribution < -0.4 is 9.47 Å². The van der Waals surface area contributed by atoms with Gasteiger partial charge in [-0.15, -0.1) is 11.8 Å². The summed E-state index contributed by atoms with van der Waals surface area (Å²) in [4.78, 5) is 27.2. The van der Waals surface area contributed by atoms with Crippen molar-refractivity contribution < 1.29 is 19.1 Å². The van der Waals surface area contributed by atoms with E-state index in [1.54, 1.807) is 18.2 Å². The number of aliphatic imine (C=N–C) groups is 1. The van der Waals surface area contributed by atoms with Gasteiger partial charge in [0.15, 0.2) is 11.5 Å². The molecule has 0 saturated carbocycles. The van der Waals surface area contributed by atoms with Gasteiger partial charge in [0.1, 0.15) is 10.1 Å². The molecule has 0 atom stereocenters. The van der Waals surface area contributed by atoms with Crippen LogP contribution in [0.3, 0.4) is 0 Å². The number of rotatable bonds is 3. The van der Waals surface area contributed by atoms with Crippen molar-refractivity contribution in [1.29, 1.82) is 0 Å². The highest BCUT2D eigenvalue weighted by Gasteiger charge is 2.22. The van der Waals surface area contributed by atoms with E-state index in [-0.39, 0.29) is 5.12 Å². The quantitative estimate of drug-likeness (QED) is 0.436. The highest BCUT2D eigenvalue weighted by Crippen LogP contribution is 2.38. The molecule has 0 N–H and O–H groups in total. The van der Waals surface area contributed by atoms with Crippen molar-refractivity contribution in [2.75, 3.05) is 13.4 Å². The number of thioether (sulfide) groups is 2. The van der Waals surface area contributed by atoms with Crippen LogP contribution in [-0.4, -0.2) is 28.8 Å². The van der Waals surface area contributed by atoms with E-state index in [0.29, 0.717) is 21.7 Å². The Kier molecular flexibility index (Phi) is 5.71. The molecule has 0 spiro atoms. The van der Waals surface area contributed by atoms with Gasteiger partial charge in [0.25, 0.3) is 0 Å². The van der Waals surface area contributed by atoms with Crippen LogP contribution in [0.25, 0.3) is 6.08 Å². The number of nitrogens with zero attached hydrogens (tertiary/aromatic N) is 1. The predicted octanol–water partition coefficient (Wildman–Crippen LogP) is 3.72. The fraction of sp³-hybridized carbons (Fsp3) is 0.214. The number of ether oxygens (including phenoxy) is 2. The minimum Gasteiger partial charge on any atom is -0.493 e. The average molecular weight is 402 g/mol. The summed E-state index contributed by atoms with van der Waals surface area (Å²) < 4.78 is 11.6. The summed E-state index contributed by atoms with van der Waals surface area (Å²) in [5.41, 5.74) is 1.10.